The number of hydrogen-bond donors (Lipinski definition) is 2. The highest BCUT2D eigenvalue weighted by Gasteiger charge is 2.27. The van der Waals surface area contributed by atoms with Crippen LogP contribution in [0.4, 0.5) is 0 Å². The summed E-state index contributed by atoms with van der Waals surface area (Å²) >= 11 is 0. The third-order valence-electron chi connectivity index (χ3n) is 4.74. The van der Waals surface area contributed by atoms with Crippen LogP contribution in [0.2, 0.25) is 0 Å². The Labute approximate surface area is 162 Å². The molecule has 0 radical (unpaired) electrons. The number of imidazole rings is 1. The molecule has 28 heavy (non-hydrogen) atoms. The molecule has 1 aliphatic heterocycles. The zero-order valence-electron chi connectivity index (χ0n) is 15.4. The Morgan fingerprint density at radius 3 is 2.68 bits per heavy atom. The number of carbonyl (C=O) groups is 2. The maximum Gasteiger partial charge on any atom is 0.287 e. The maximum absolute atomic E-state index is 12.7. The molecule has 0 aliphatic carbocycles. The van der Waals surface area contributed by atoms with Crippen LogP contribution in [0.1, 0.15) is 51.0 Å². The van der Waals surface area contributed by atoms with Crippen LogP contribution >= 0.6 is 0 Å². The summed E-state index contributed by atoms with van der Waals surface area (Å²) in [6, 6.07) is 7.25. The normalized spacial score (nSPS) is 13.0. The van der Waals surface area contributed by atoms with Crippen LogP contribution in [0.3, 0.4) is 0 Å². The average Bonchev–Trinajstić information content (AvgIpc) is 3.39. The van der Waals surface area contributed by atoms with Gasteiger partial charge in [-0.05, 0) is 49.1 Å². The molecule has 0 fully saturated rings. The molecule has 0 atom stereocenters. The second-order valence-electron chi connectivity index (χ2n) is 6.64. The van der Waals surface area contributed by atoms with Crippen molar-refractivity contribution in [2.75, 3.05) is 0 Å². The second kappa shape index (κ2) is 8.08. The van der Waals surface area contributed by atoms with Crippen molar-refractivity contribution in [2.45, 2.75) is 38.9 Å². The summed E-state index contributed by atoms with van der Waals surface area (Å²) in [7, 11) is 0. The quantitative estimate of drug-likeness (QED) is 0.683. The molecule has 3 aromatic rings. The van der Waals surface area contributed by atoms with Crippen molar-refractivity contribution in [1.82, 2.24) is 25.2 Å². The fourth-order valence-corrected chi connectivity index (χ4v) is 3.32. The van der Waals surface area contributed by atoms with Gasteiger partial charge < -0.3 is 19.6 Å². The van der Waals surface area contributed by atoms with Crippen LogP contribution in [0.5, 0.6) is 0 Å². The van der Waals surface area contributed by atoms with Crippen LogP contribution in [0.15, 0.2) is 47.3 Å². The van der Waals surface area contributed by atoms with E-state index in [1.165, 1.54) is 0 Å². The molecule has 2 amide bonds. The van der Waals surface area contributed by atoms with E-state index in [-0.39, 0.29) is 24.2 Å². The number of aromatic nitrogens is 3. The lowest BCUT2D eigenvalue weighted by Crippen LogP contribution is -2.27. The molecule has 0 unspecified atom stereocenters. The number of nitrogens with zero attached hydrogens (tertiary/aromatic N) is 3. The molecule has 0 bridgehead atoms. The smallest absolute Gasteiger partial charge is 0.287 e. The van der Waals surface area contributed by atoms with Gasteiger partial charge in [0.05, 0.1) is 18.5 Å². The van der Waals surface area contributed by atoms with Crippen molar-refractivity contribution < 1.29 is 14.0 Å². The number of fused-ring (bicyclic) bond motifs is 1. The molecule has 4 heterocycles. The largest absolute Gasteiger partial charge is 0.467 e. The number of amides is 2. The van der Waals surface area contributed by atoms with E-state index in [9.17, 15) is 9.59 Å². The third kappa shape index (κ3) is 3.80. The number of furan rings is 1. The first kappa shape index (κ1) is 18.0. The topological polar surface area (TPSA) is 102 Å². The number of carbonyl (C=O) groups excluding carboxylic acids is 2. The Bertz CT molecular complexity index is 963. The highest BCUT2D eigenvalue weighted by atomic mass is 16.3. The molecule has 0 spiro atoms. The lowest BCUT2D eigenvalue weighted by atomic mass is 10.1. The van der Waals surface area contributed by atoms with Crippen molar-refractivity contribution in [3.8, 4) is 0 Å². The van der Waals surface area contributed by atoms with E-state index in [0.717, 1.165) is 30.5 Å². The minimum atomic E-state index is -0.296. The second-order valence-corrected chi connectivity index (χ2v) is 6.64. The van der Waals surface area contributed by atoms with Gasteiger partial charge in [0.25, 0.3) is 11.8 Å². The first-order valence-corrected chi connectivity index (χ1v) is 9.29. The Morgan fingerprint density at radius 1 is 1.07 bits per heavy atom. The Morgan fingerprint density at radius 2 is 1.89 bits per heavy atom. The van der Waals surface area contributed by atoms with E-state index < -0.39 is 0 Å². The zero-order valence-corrected chi connectivity index (χ0v) is 15.4. The van der Waals surface area contributed by atoms with Gasteiger partial charge in [0, 0.05) is 25.5 Å². The van der Waals surface area contributed by atoms with Gasteiger partial charge in [-0.25, -0.2) is 4.98 Å². The molecular weight excluding hydrogens is 358 g/mol. The van der Waals surface area contributed by atoms with Gasteiger partial charge in [0.2, 0.25) is 0 Å². The minimum Gasteiger partial charge on any atom is -0.467 e. The molecule has 1 aliphatic rings. The monoisotopic (exact) mass is 379 g/mol. The highest BCUT2D eigenvalue weighted by molar-refractivity contribution is 5.97. The highest BCUT2D eigenvalue weighted by Crippen LogP contribution is 2.21. The van der Waals surface area contributed by atoms with Crippen molar-refractivity contribution in [1.29, 1.82) is 0 Å². The molecule has 4 rings (SSSR count). The Kier molecular flexibility index (Phi) is 5.18. The molecule has 0 saturated heterocycles. The van der Waals surface area contributed by atoms with Gasteiger partial charge >= 0.3 is 0 Å². The summed E-state index contributed by atoms with van der Waals surface area (Å²) < 4.78 is 7.11. The molecule has 8 nitrogen and oxygen atoms in total. The van der Waals surface area contributed by atoms with Gasteiger partial charge in [-0.2, -0.15) is 0 Å². The summed E-state index contributed by atoms with van der Waals surface area (Å²) in [6.07, 6.45) is 7.59. The van der Waals surface area contributed by atoms with E-state index in [2.05, 4.69) is 20.6 Å². The fraction of sp³-hybridized carbons (Fsp3) is 0.300. The van der Waals surface area contributed by atoms with Crippen LogP contribution in [-0.4, -0.2) is 26.3 Å². The summed E-state index contributed by atoms with van der Waals surface area (Å²) in [5.74, 6) is 0.365. The molecule has 0 saturated carbocycles. The average molecular weight is 379 g/mol. The number of pyridine rings is 1. The van der Waals surface area contributed by atoms with Gasteiger partial charge in [-0.1, -0.05) is 0 Å². The zero-order chi connectivity index (χ0) is 19.3. The third-order valence-corrected chi connectivity index (χ3v) is 4.74. The van der Waals surface area contributed by atoms with Gasteiger partial charge in [0.1, 0.15) is 11.5 Å². The number of hydrogen-bond acceptors (Lipinski definition) is 5. The Hall–Kier alpha value is -3.42. The molecule has 8 heteroatoms. The summed E-state index contributed by atoms with van der Waals surface area (Å²) in [4.78, 5) is 33.7. The summed E-state index contributed by atoms with van der Waals surface area (Å²) in [6.45, 7) is 1.34. The maximum atomic E-state index is 12.7. The lowest BCUT2D eigenvalue weighted by Gasteiger charge is -2.17. The SMILES string of the molecule is O=C(NCc1ccco1)c1nc(C(=O)NCc2ccncc2)n2c1CCCC2. The first-order valence-electron chi connectivity index (χ1n) is 9.29. The number of rotatable bonds is 6. The fourth-order valence-electron chi connectivity index (χ4n) is 3.32. The van der Waals surface area contributed by atoms with E-state index in [0.29, 0.717) is 24.5 Å². The van der Waals surface area contributed by atoms with Crippen molar-refractivity contribution in [3.05, 3.63) is 71.5 Å². The van der Waals surface area contributed by atoms with E-state index in [4.69, 9.17) is 4.42 Å². The van der Waals surface area contributed by atoms with Crippen LogP contribution in [0.25, 0.3) is 0 Å². The van der Waals surface area contributed by atoms with Crippen LogP contribution < -0.4 is 10.6 Å². The van der Waals surface area contributed by atoms with Gasteiger partial charge in [0.15, 0.2) is 5.82 Å². The standard InChI is InChI=1S/C20H21N5O3/c26-19(23-13-15-4-3-11-28-15)17-16-5-1-2-10-25(16)18(24-17)20(27)22-12-14-6-8-21-9-7-14/h3-4,6-9,11H,1-2,5,10,12-13H2,(H,22,27)(H,23,26). The number of nitrogens with one attached hydrogen (secondary N) is 2. The predicted molar refractivity (Wildman–Crippen MR) is 100 cm³/mol. The lowest BCUT2D eigenvalue weighted by molar-refractivity contribution is 0.0935. The van der Waals surface area contributed by atoms with E-state index in [1.54, 1.807) is 30.8 Å². The molecule has 3 aromatic heterocycles. The van der Waals surface area contributed by atoms with Crippen LogP contribution in [-0.2, 0) is 26.1 Å². The summed E-state index contributed by atoms with van der Waals surface area (Å²) in [5, 5.41) is 5.69. The van der Waals surface area contributed by atoms with Crippen LogP contribution in [0, 0.1) is 0 Å². The minimum absolute atomic E-state index is 0.279. The molecule has 144 valence electrons. The molecule has 0 aromatic carbocycles. The Balaban J connectivity index is 1.51. The molecule has 2 N–H and O–H groups in total. The first-order chi connectivity index (χ1) is 13.7. The van der Waals surface area contributed by atoms with Crippen molar-refractivity contribution >= 4 is 11.8 Å². The van der Waals surface area contributed by atoms with Crippen molar-refractivity contribution in [2.24, 2.45) is 0 Å². The van der Waals surface area contributed by atoms with Crippen molar-refractivity contribution in [3.63, 3.8) is 0 Å². The van der Waals surface area contributed by atoms with E-state index >= 15 is 0 Å². The van der Waals surface area contributed by atoms with Gasteiger partial charge in [-0.3, -0.25) is 14.6 Å². The summed E-state index contributed by atoms with van der Waals surface area (Å²) in [5.41, 5.74) is 2.09. The predicted octanol–water partition coefficient (Wildman–Crippen LogP) is 2.07. The molecular formula is C20H21N5O3. The van der Waals surface area contributed by atoms with E-state index in [1.807, 2.05) is 16.7 Å². The van der Waals surface area contributed by atoms with Gasteiger partial charge in [-0.15, -0.1) is 0 Å².